The van der Waals surface area contributed by atoms with Gasteiger partial charge in [-0.25, -0.2) is 0 Å². The minimum absolute atomic E-state index is 0.391. The summed E-state index contributed by atoms with van der Waals surface area (Å²) in [6, 6.07) is 10.9. The molecule has 102 valence electrons. The predicted molar refractivity (Wildman–Crippen MR) is 82.1 cm³/mol. The van der Waals surface area contributed by atoms with E-state index in [-0.39, 0.29) is 0 Å². The van der Waals surface area contributed by atoms with E-state index in [9.17, 15) is 0 Å². The van der Waals surface area contributed by atoms with Crippen LogP contribution in [-0.4, -0.2) is 13.2 Å². The smallest absolute Gasteiger partial charge is 0.122 e. The number of hydrogen-bond donors (Lipinski definition) is 1. The average molecular weight is 275 g/mol. The zero-order chi connectivity index (χ0) is 13.7. The van der Waals surface area contributed by atoms with Crippen molar-refractivity contribution in [2.24, 2.45) is 0 Å². The minimum Gasteiger partial charge on any atom is -0.492 e. The van der Waals surface area contributed by atoms with Crippen LogP contribution >= 0.6 is 11.3 Å². The zero-order valence-electron chi connectivity index (χ0n) is 11.8. The van der Waals surface area contributed by atoms with Crippen LogP contribution in [0.4, 0.5) is 0 Å². The Labute approximate surface area is 119 Å². The van der Waals surface area contributed by atoms with E-state index in [0.717, 1.165) is 12.3 Å². The second-order valence-corrected chi connectivity index (χ2v) is 5.79. The molecule has 0 amide bonds. The fraction of sp³-hybridized carbons (Fsp3) is 0.375. The van der Waals surface area contributed by atoms with Crippen molar-refractivity contribution >= 4 is 11.3 Å². The molecular formula is C16H21NOS. The fourth-order valence-electron chi connectivity index (χ4n) is 1.94. The maximum atomic E-state index is 5.83. The highest BCUT2D eigenvalue weighted by Crippen LogP contribution is 2.19. The van der Waals surface area contributed by atoms with Crippen LogP contribution in [0.3, 0.4) is 0 Å². The molecule has 1 unspecified atom stereocenters. The molecule has 2 rings (SSSR count). The van der Waals surface area contributed by atoms with Gasteiger partial charge in [0.15, 0.2) is 0 Å². The van der Waals surface area contributed by atoms with Gasteiger partial charge in [0.1, 0.15) is 12.4 Å². The van der Waals surface area contributed by atoms with Gasteiger partial charge in [0.25, 0.3) is 0 Å². The largest absolute Gasteiger partial charge is 0.492 e. The van der Waals surface area contributed by atoms with Crippen LogP contribution in [0, 0.1) is 13.8 Å². The predicted octanol–water partition coefficient (Wildman–Crippen LogP) is 4.09. The third-order valence-electron chi connectivity index (χ3n) is 3.12. The number of nitrogens with one attached hydrogen (secondary N) is 1. The highest BCUT2D eigenvalue weighted by Gasteiger charge is 2.05. The summed E-state index contributed by atoms with van der Waals surface area (Å²) in [5.74, 6) is 0.991. The quantitative estimate of drug-likeness (QED) is 0.802. The van der Waals surface area contributed by atoms with Gasteiger partial charge in [-0.15, -0.1) is 11.3 Å². The zero-order valence-corrected chi connectivity index (χ0v) is 12.6. The van der Waals surface area contributed by atoms with Gasteiger partial charge in [-0.1, -0.05) is 18.2 Å². The van der Waals surface area contributed by atoms with Crippen molar-refractivity contribution in [2.75, 3.05) is 13.2 Å². The molecule has 0 radical (unpaired) electrons. The Morgan fingerprint density at radius 3 is 2.84 bits per heavy atom. The second kappa shape index (κ2) is 6.73. The summed E-state index contributed by atoms with van der Waals surface area (Å²) in [6.45, 7) is 7.90. The first-order valence-electron chi connectivity index (χ1n) is 6.63. The molecule has 0 aliphatic rings. The minimum atomic E-state index is 0.391. The Hall–Kier alpha value is -1.32. The van der Waals surface area contributed by atoms with Gasteiger partial charge in [0, 0.05) is 17.5 Å². The summed E-state index contributed by atoms with van der Waals surface area (Å²) in [5.41, 5.74) is 2.43. The molecule has 0 spiro atoms. The molecule has 0 saturated heterocycles. The van der Waals surface area contributed by atoms with E-state index in [1.807, 2.05) is 0 Å². The molecule has 1 atom stereocenters. The molecule has 1 N–H and O–H groups in total. The van der Waals surface area contributed by atoms with Crippen molar-refractivity contribution in [2.45, 2.75) is 26.8 Å². The maximum absolute atomic E-state index is 5.83. The molecule has 1 aromatic heterocycles. The van der Waals surface area contributed by atoms with Gasteiger partial charge in [0.2, 0.25) is 0 Å². The maximum Gasteiger partial charge on any atom is 0.122 e. The van der Waals surface area contributed by atoms with E-state index in [2.05, 4.69) is 61.8 Å². The van der Waals surface area contributed by atoms with E-state index < -0.39 is 0 Å². The fourth-order valence-corrected chi connectivity index (χ4v) is 2.70. The number of thiophene rings is 1. The Balaban J connectivity index is 1.76. The molecule has 0 fully saturated rings. The summed E-state index contributed by atoms with van der Waals surface area (Å²) >= 11 is 1.79. The second-order valence-electron chi connectivity index (χ2n) is 4.81. The Morgan fingerprint density at radius 2 is 2.11 bits per heavy atom. The molecule has 19 heavy (non-hydrogen) atoms. The summed E-state index contributed by atoms with van der Waals surface area (Å²) in [6.07, 6.45) is 0. The Morgan fingerprint density at radius 1 is 1.26 bits per heavy atom. The van der Waals surface area contributed by atoms with E-state index in [0.29, 0.717) is 12.6 Å². The van der Waals surface area contributed by atoms with Gasteiger partial charge in [0.05, 0.1) is 0 Å². The van der Waals surface area contributed by atoms with Crippen LogP contribution < -0.4 is 10.1 Å². The summed E-state index contributed by atoms with van der Waals surface area (Å²) in [4.78, 5) is 1.37. The number of benzene rings is 1. The van der Waals surface area contributed by atoms with Crippen LogP contribution in [0.5, 0.6) is 5.75 Å². The topological polar surface area (TPSA) is 21.3 Å². The highest BCUT2D eigenvalue weighted by molar-refractivity contribution is 7.10. The van der Waals surface area contributed by atoms with E-state index in [1.54, 1.807) is 11.3 Å². The van der Waals surface area contributed by atoms with Gasteiger partial charge in [-0.3, -0.25) is 0 Å². The molecule has 1 heterocycles. The molecule has 0 aliphatic heterocycles. The molecule has 3 heteroatoms. The van der Waals surface area contributed by atoms with Crippen molar-refractivity contribution in [1.82, 2.24) is 5.32 Å². The van der Waals surface area contributed by atoms with Crippen LogP contribution in [-0.2, 0) is 0 Å². The van der Waals surface area contributed by atoms with Crippen molar-refractivity contribution in [1.29, 1.82) is 0 Å². The number of hydrogen-bond acceptors (Lipinski definition) is 3. The summed E-state index contributed by atoms with van der Waals surface area (Å²) in [5, 5.41) is 5.59. The summed E-state index contributed by atoms with van der Waals surface area (Å²) in [7, 11) is 0. The highest BCUT2D eigenvalue weighted by atomic mass is 32.1. The summed E-state index contributed by atoms with van der Waals surface area (Å²) < 4.78 is 5.83. The van der Waals surface area contributed by atoms with Gasteiger partial charge < -0.3 is 10.1 Å². The molecule has 0 saturated carbocycles. The van der Waals surface area contributed by atoms with Crippen LogP contribution in [0.15, 0.2) is 35.7 Å². The van der Waals surface area contributed by atoms with Crippen molar-refractivity contribution < 1.29 is 4.74 Å². The molecule has 0 bridgehead atoms. The van der Waals surface area contributed by atoms with Gasteiger partial charge >= 0.3 is 0 Å². The molecule has 1 aromatic carbocycles. The lowest BCUT2D eigenvalue weighted by Gasteiger charge is -2.14. The molecule has 2 aromatic rings. The van der Waals surface area contributed by atoms with Crippen molar-refractivity contribution in [3.63, 3.8) is 0 Å². The molecular weight excluding hydrogens is 254 g/mol. The SMILES string of the molecule is Cc1ccc(C)c(OCCNC(C)c2cccs2)c1. The van der Waals surface area contributed by atoms with Crippen LogP contribution in [0.25, 0.3) is 0 Å². The first-order chi connectivity index (χ1) is 9.16. The Bertz CT molecular complexity index is 507. The lowest BCUT2D eigenvalue weighted by molar-refractivity contribution is 0.306. The normalized spacial score (nSPS) is 12.4. The van der Waals surface area contributed by atoms with Crippen molar-refractivity contribution in [3.05, 3.63) is 51.7 Å². The average Bonchev–Trinajstić information content (AvgIpc) is 2.92. The molecule has 2 nitrogen and oxygen atoms in total. The van der Waals surface area contributed by atoms with E-state index in [4.69, 9.17) is 4.74 Å². The lowest BCUT2D eigenvalue weighted by Crippen LogP contribution is -2.23. The molecule has 0 aliphatic carbocycles. The van der Waals surface area contributed by atoms with Crippen LogP contribution in [0.2, 0.25) is 0 Å². The number of aryl methyl sites for hydroxylation is 2. The van der Waals surface area contributed by atoms with Crippen LogP contribution in [0.1, 0.15) is 29.0 Å². The lowest BCUT2D eigenvalue weighted by atomic mass is 10.1. The third kappa shape index (κ3) is 4.08. The Kier molecular flexibility index (Phi) is 5.00. The first-order valence-corrected chi connectivity index (χ1v) is 7.51. The first kappa shape index (κ1) is 14.1. The van der Waals surface area contributed by atoms with E-state index >= 15 is 0 Å². The van der Waals surface area contributed by atoms with Gasteiger partial charge in [-0.2, -0.15) is 0 Å². The van der Waals surface area contributed by atoms with Gasteiger partial charge in [-0.05, 0) is 49.4 Å². The third-order valence-corrected chi connectivity index (χ3v) is 4.18. The number of rotatable bonds is 6. The monoisotopic (exact) mass is 275 g/mol. The standard InChI is InChI=1S/C16H21NOS/c1-12-6-7-13(2)15(11-12)18-9-8-17-14(3)16-5-4-10-19-16/h4-7,10-11,14,17H,8-9H2,1-3H3. The number of ether oxygens (including phenoxy) is 1. The van der Waals surface area contributed by atoms with E-state index in [1.165, 1.54) is 16.0 Å². The van der Waals surface area contributed by atoms with Crippen molar-refractivity contribution in [3.8, 4) is 5.75 Å².